The number of rotatable bonds is 3. The molecule has 0 amide bonds. The molecule has 24 heavy (non-hydrogen) atoms. The Hall–Kier alpha value is -3.22. The van der Waals surface area contributed by atoms with Crippen molar-refractivity contribution < 1.29 is 0 Å². The fourth-order valence-corrected chi connectivity index (χ4v) is 2.96. The second kappa shape index (κ2) is 5.45. The average Bonchev–Trinajstić information content (AvgIpc) is 3.13. The monoisotopic (exact) mass is 319 g/mol. The summed E-state index contributed by atoms with van der Waals surface area (Å²) in [6, 6.07) is 12.2. The lowest BCUT2D eigenvalue weighted by Crippen LogP contribution is -2.01. The molecular formula is C17H17N7. The zero-order valence-corrected chi connectivity index (χ0v) is 13.5. The number of nitrogens with one attached hydrogen (secondary N) is 1. The smallest absolute Gasteiger partial charge is 0.203 e. The van der Waals surface area contributed by atoms with E-state index in [0.717, 1.165) is 33.7 Å². The van der Waals surface area contributed by atoms with Crippen molar-refractivity contribution in [3.63, 3.8) is 0 Å². The van der Waals surface area contributed by atoms with Gasteiger partial charge in [0.15, 0.2) is 0 Å². The van der Waals surface area contributed by atoms with Crippen molar-refractivity contribution in [2.75, 3.05) is 5.73 Å². The maximum atomic E-state index is 5.87. The third-order valence-corrected chi connectivity index (χ3v) is 3.95. The van der Waals surface area contributed by atoms with Gasteiger partial charge in [-0.05, 0) is 55.7 Å². The van der Waals surface area contributed by atoms with E-state index < -0.39 is 0 Å². The summed E-state index contributed by atoms with van der Waals surface area (Å²) >= 11 is 0. The van der Waals surface area contributed by atoms with Crippen LogP contribution in [0.2, 0.25) is 0 Å². The van der Waals surface area contributed by atoms with Gasteiger partial charge in [0.05, 0.1) is 11.4 Å². The molecule has 3 aromatic heterocycles. The molecule has 1 aromatic carbocycles. The fourth-order valence-electron chi connectivity index (χ4n) is 2.96. The number of pyridine rings is 1. The molecule has 0 aliphatic rings. The van der Waals surface area contributed by atoms with Crippen molar-refractivity contribution in [3.05, 3.63) is 58.9 Å². The first-order valence-electron chi connectivity index (χ1n) is 7.68. The van der Waals surface area contributed by atoms with Gasteiger partial charge in [-0.3, -0.25) is 0 Å². The van der Waals surface area contributed by atoms with Gasteiger partial charge in [-0.2, -0.15) is 15.4 Å². The highest BCUT2D eigenvalue weighted by Gasteiger charge is 2.10. The summed E-state index contributed by atoms with van der Waals surface area (Å²) in [5, 5.41) is 15.4. The van der Waals surface area contributed by atoms with Crippen molar-refractivity contribution in [1.82, 2.24) is 30.2 Å². The number of fused-ring (bicyclic) bond motifs is 1. The average molecular weight is 319 g/mol. The molecule has 0 fully saturated rings. The van der Waals surface area contributed by atoms with Gasteiger partial charge in [-0.1, -0.05) is 12.1 Å². The van der Waals surface area contributed by atoms with Gasteiger partial charge in [0.2, 0.25) is 5.65 Å². The Morgan fingerprint density at radius 3 is 2.79 bits per heavy atom. The lowest BCUT2D eigenvalue weighted by molar-refractivity contribution is 0.832. The van der Waals surface area contributed by atoms with E-state index in [-0.39, 0.29) is 0 Å². The summed E-state index contributed by atoms with van der Waals surface area (Å²) < 4.78 is 1.95. The SMILES string of the molecule is Cc1cc(C)n(-c2cccc(Cc3cc(N)nc4n[nH]nc34)c2)n1. The van der Waals surface area contributed by atoms with Crippen molar-refractivity contribution in [1.29, 1.82) is 0 Å². The number of anilines is 1. The second-order valence-electron chi connectivity index (χ2n) is 5.89. The quantitative estimate of drug-likeness (QED) is 0.604. The number of aromatic amines is 1. The van der Waals surface area contributed by atoms with Gasteiger partial charge in [0, 0.05) is 5.69 Å². The van der Waals surface area contributed by atoms with Crippen LogP contribution in [0.1, 0.15) is 22.5 Å². The van der Waals surface area contributed by atoms with E-state index in [2.05, 4.69) is 56.7 Å². The molecule has 120 valence electrons. The minimum Gasteiger partial charge on any atom is -0.384 e. The van der Waals surface area contributed by atoms with Crippen LogP contribution in [0, 0.1) is 13.8 Å². The zero-order chi connectivity index (χ0) is 16.7. The number of benzene rings is 1. The van der Waals surface area contributed by atoms with Crippen LogP contribution in [0.5, 0.6) is 0 Å². The minimum atomic E-state index is 0.445. The molecule has 0 aliphatic heterocycles. The Morgan fingerprint density at radius 2 is 2.00 bits per heavy atom. The predicted octanol–water partition coefficient (Wildman–Crippen LogP) is 2.33. The Labute approximate surface area is 138 Å². The molecule has 0 saturated heterocycles. The molecule has 0 atom stereocenters. The molecule has 0 saturated carbocycles. The molecule has 0 bridgehead atoms. The summed E-state index contributed by atoms with van der Waals surface area (Å²) in [5.41, 5.74) is 12.5. The molecule has 0 aliphatic carbocycles. The van der Waals surface area contributed by atoms with Crippen LogP contribution >= 0.6 is 0 Å². The van der Waals surface area contributed by atoms with Gasteiger partial charge < -0.3 is 5.73 Å². The Morgan fingerprint density at radius 1 is 1.12 bits per heavy atom. The standard InChI is InChI=1S/C17H17N7/c1-10-6-11(2)24(22-10)14-5-3-4-12(8-14)7-13-9-15(18)19-17-16(13)20-23-21-17/h3-6,8-9H,7H2,1-2H3,(H3,18,19,20,21,23). The molecular weight excluding hydrogens is 302 g/mol. The number of nitrogen functional groups attached to an aromatic ring is 1. The van der Waals surface area contributed by atoms with Crippen LogP contribution < -0.4 is 5.73 Å². The zero-order valence-electron chi connectivity index (χ0n) is 13.5. The highest BCUT2D eigenvalue weighted by molar-refractivity contribution is 5.76. The topological polar surface area (TPSA) is 98.3 Å². The number of H-pyrrole nitrogens is 1. The number of aromatic nitrogens is 6. The third kappa shape index (κ3) is 2.50. The number of nitrogens with two attached hydrogens (primary N) is 1. The first-order chi connectivity index (χ1) is 11.6. The van der Waals surface area contributed by atoms with E-state index in [9.17, 15) is 0 Å². The number of hydrogen-bond acceptors (Lipinski definition) is 5. The highest BCUT2D eigenvalue weighted by atomic mass is 15.3. The molecule has 0 unspecified atom stereocenters. The first-order valence-corrected chi connectivity index (χ1v) is 7.68. The number of aryl methyl sites for hydroxylation is 2. The minimum absolute atomic E-state index is 0.445. The second-order valence-corrected chi connectivity index (χ2v) is 5.89. The van der Waals surface area contributed by atoms with E-state index in [0.29, 0.717) is 17.9 Å². The lowest BCUT2D eigenvalue weighted by atomic mass is 10.0. The number of hydrogen-bond donors (Lipinski definition) is 2. The van der Waals surface area contributed by atoms with Gasteiger partial charge in [0.1, 0.15) is 11.3 Å². The molecule has 4 aromatic rings. The van der Waals surface area contributed by atoms with Gasteiger partial charge in [-0.25, -0.2) is 9.67 Å². The molecule has 3 N–H and O–H groups in total. The van der Waals surface area contributed by atoms with Crippen molar-refractivity contribution >= 4 is 17.0 Å². The summed E-state index contributed by atoms with van der Waals surface area (Å²) in [7, 11) is 0. The lowest BCUT2D eigenvalue weighted by Gasteiger charge is -2.08. The maximum absolute atomic E-state index is 5.87. The molecule has 7 nitrogen and oxygen atoms in total. The van der Waals surface area contributed by atoms with Crippen LogP contribution in [0.3, 0.4) is 0 Å². The Balaban J connectivity index is 1.74. The summed E-state index contributed by atoms with van der Waals surface area (Å²) in [6.45, 7) is 4.05. The Kier molecular flexibility index (Phi) is 3.26. The van der Waals surface area contributed by atoms with Gasteiger partial charge in [-0.15, -0.1) is 5.10 Å². The van der Waals surface area contributed by atoms with Crippen molar-refractivity contribution in [3.8, 4) is 5.69 Å². The maximum Gasteiger partial charge on any atom is 0.203 e. The van der Waals surface area contributed by atoms with Crippen molar-refractivity contribution in [2.45, 2.75) is 20.3 Å². The molecule has 7 heteroatoms. The molecule has 3 heterocycles. The highest BCUT2D eigenvalue weighted by Crippen LogP contribution is 2.21. The fraction of sp³-hybridized carbons (Fsp3) is 0.176. The molecule has 4 rings (SSSR count). The van der Waals surface area contributed by atoms with E-state index in [1.807, 2.05) is 23.7 Å². The van der Waals surface area contributed by atoms with Crippen LogP contribution in [-0.4, -0.2) is 30.2 Å². The van der Waals surface area contributed by atoms with Crippen LogP contribution in [0.4, 0.5) is 5.82 Å². The molecule has 0 spiro atoms. The van der Waals surface area contributed by atoms with E-state index in [1.54, 1.807) is 0 Å². The van der Waals surface area contributed by atoms with E-state index in [4.69, 9.17) is 5.73 Å². The van der Waals surface area contributed by atoms with Gasteiger partial charge >= 0.3 is 0 Å². The molecule has 0 radical (unpaired) electrons. The number of nitrogens with zero attached hydrogens (tertiary/aromatic N) is 5. The third-order valence-electron chi connectivity index (χ3n) is 3.95. The first kappa shape index (κ1) is 14.4. The largest absolute Gasteiger partial charge is 0.384 e. The van der Waals surface area contributed by atoms with Crippen LogP contribution in [-0.2, 0) is 6.42 Å². The van der Waals surface area contributed by atoms with Crippen LogP contribution in [0.15, 0.2) is 36.4 Å². The normalized spacial score (nSPS) is 11.2. The van der Waals surface area contributed by atoms with Crippen molar-refractivity contribution in [2.24, 2.45) is 0 Å². The van der Waals surface area contributed by atoms with Gasteiger partial charge in [0.25, 0.3) is 0 Å². The van der Waals surface area contributed by atoms with E-state index >= 15 is 0 Å². The predicted molar refractivity (Wildman–Crippen MR) is 91.9 cm³/mol. The summed E-state index contributed by atoms with van der Waals surface area (Å²) in [6.07, 6.45) is 0.697. The van der Waals surface area contributed by atoms with E-state index in [1.165, 1.54) is 0 Å². The summed E-state index contributed by atoms with van der Waals surface area (Å²) in [4.78, 5) is 4.18. The summed E-state index contributed by atoms with van der Waals surface area (Å²) in [5.74, 6) is 0.445. The van der Waals surface area contributed by atoms with Crippen LogP contribution in [0.25, 0.3) is 16.9 Å². The Bertz CT molecular complexity index is 1030.